The Morgan fingerprint density at radius 1 is 1.13 bits per heavy atom. The minimum Gasteiger partial charge on any atom is -0.378 e. The highest BCUT2D eigenvalue weighted by Crippen LogP contribution is 2.24. The Labute approximate surface area is 143 Å². The minimum atomic E-state index is -3.65. The number of nitrogens with zero attached hydrogens (tertiary/aromatic N) is 2. The molecule has 8 heteroatoms. The van der Waals surface area contributed by atoms with Crippen LogP contribution in [0.25, 0.3) is 0 Å². The zero-order valence-corrected chi connectivity index (χ0v) is 14.7. The molecule has 1 aromatic heterocycles. The average Bonchev–Trinajstić information content (AvgIpc) is 2.56. The van der Waals surface area contributed by atoms with Gasteiger partial charge in [-0.15, -0.1) is 0 Å². The number of ether oxygens (including phenoxy) is 1. The van der Waals surface area contributed by atoms with Crippen LogP contribution in [-0.4, -0.2) is 39.7 Å². The van der Waals surface area contributed by atoms with Crippen molar-refractivity contribution in [3.8, 4) is 0 Å². The number of aromatic nitrogens is 1. The first kappa shape index (κ1) is 16.2. The molecule has 0 atom stereocenters. The SMILES string of the molecule is O=S(=O)(Nc1ccc(N2CCOCC2)nc1)c1ccccc1Br. The van der Waals surface area contributed by atoms with Gasteiger partial charge in [0, 0.05) is 17.6 Å². The number of hydrogen-bond donors (Lipinski definition) is 1. The molecule has 1 aliphatic heterocycles. The number of sulfonamides is 1. The number of morpholine rings is 1. The molecule has 3 rings (SSSR count). The molecule has 122 valence electrons. The second kappa shape index (κ2) is 6.86. The Balaban J connectivity index is 1.76. The number of nitrogens with one attached hydrogen (secondary N) is 1. The maximum Gasteiger partial charge on any atom is 0.263 e. The molecule has 1 aromatic carbocycles. The summed E-state index contributed by atoms with van der Waals surface area (Å²) in [5, 5.41) is 0. The minimum absolute atomic E-state index is 0.192. The molecule has 23 heavy (non-hydrogen) atoms. The van der Waals surface area contributed by atoms with Crippen LogP contribution in [0.5, 0.6) is 0 Å². The van der Waals surface area contributed by atoms with Crippen molar-refractivity contribution < 1.29 is 13.2 Å². The van der Waals surface area contributed by atoms with Gasteiger partial charge in [0.25, 0.3) is 10.0 Å². The van der Waals surface area contributed by atoms with E-state index >= 15 is 0 Å². The largest absolute Gasteiger partial charge is 0.378 e. The van der Waals surface area contributed by atoms with E-state index in [1.54, 1.807) is 30.3 Å². The third kappa shape index (κ3) is 3.82. The van der Waals surface area contributed by atoms with Crippen LogP contribution >= 0.6 is 15.9 Å². The Kier molecular flexibility index (Phi) is 4.84. The normalized spacial score (nSPS) is 15.4. The van der Waals surface area contributed by atoms with Gasteiger partial charge in [0.2, 0.25) is 0 Å². The molecule has 0 spiro atoms. The zero-order valence-electron chi connectivity index (χ0n) is 12.3. The molecule has 6 nitrogen and oxygen atoms in total. The van der Waals surface area contributed by atoms with Gasteiger partial charge in [0.15, 0.2) is 0 Å². The summed E-state index contributed by atoms with van der Waals surface area (Å²) in [5.41, 5.74) is 0.428. The van der Waals surface area contributed by atoms with Gasteiger partial charge >= 0.3 is 0 Å². The van der Waals surface area contributed by atoms with Crippen LogP contribution in [0.2, 0.25) is 0 Å². The molecule has 0 unspecified atom stereocenters. The predicted molar refractivity (Wildman–Crippen MR) is 92.2 cm³/mol. The molecule has 2 aromatic rings. The van der Waals surface area contributed by atoms with E-state index in [2.05, 4.69) is 30.5 Å². The Bertz CT molecular complexity index is 775. The van der Waals surface area contributed by atoms with E-state index < -0.39 is 10.0 Å². The van der Waals surface area contributed by atoms with E-state index in [1.165, 1.54) is 6.20 Å². The third-order valence-electron chi connectivity index (χ3n) is 3.46. The van der Waals surface area contributed by atoms with Crippen molar-refractivity contribution in [1.82, 2.24) is 4.98 Å². The maximum atomic E-state index is 12.4. The van der Waals surface area contributed by atoms with Crippen molar-refractivity contribution in [1.29, 1.82) is 0 Å². The van der Waals surface area contributed by atoms with Gasteiger partial charge in [-0.3, -0.25) is 4.72 Å². The summed E-state index contributed by atoms with van der Waals surface area (Å²) in [6.07, 6.45) is 1.53. The number of benzene rings is 1. The zero-order chi connectivity index (χ0) is 16.3. The van der Waals surface area contributed by atoms with E-state index in [0.29, 0.717) is 23.4 Å². The lowest BCUT2D eigenvalue weighted by molar-refractivity contribution is 0.122. The Morgan fingerprint density at radius 2 is 1.87 bits per heavy atom. The maximum absolute atomic E-state index is 12.4. The number of pyridine rings is 1. The molecule has 0 aliphatic carbocycles. The van der Waals surface area contributed by atoms with Crippen LogP contribution in [0, 0.1) is 0 Å². The average molecular weight is 398 g/mol. The van der Waals surface area contributed by atoms with Gasteiger partial charge in [0.1, 0.15) is 10.7 Å². The fourth-order valence-corrected chi connectivity index (χ4v) is 4.35. The van der Waals surface area contributed by atoms with Gasteiger partial charge in [-0.1, -0.05) is 12.1 Å². The van der Waals surface area contributed by atoms with Crippen LogP contribution in [0.4, 0.5) is 11.5 Å². The van der Waals surface area contributed by atoms with Crippen LogP contribution in [0.3, 0.4) is 0 Å². The third-order valence-corrected chi connectivity index (χ3v) is 5.85. The number of halogens is 1. The summed E-state index contributed by atoms with van der Waals surface area (Å²) in [7, 11) is -3.65. The van der Waals surface area contributed by atoms with Crippen molar-refractivity contribution in [2.75, 3.05) is 35.9 Å². The lowest BCUT2D eigenvalue weighted by atomic mass is 10.3. The summed E-state index contributed by atoms with van der Waals surface area (Å²) < 4.78 is 33.2. The van der Waals surface area contributed by atoms with E-state index in [0.717, 1.165) is 18.9 Å². The fraction of sp³-hybridized carbons (Fsp3) is 0.267. The smallest absolute Gasteiger partial charge is 0.263 e. The van der Waals surface area contributed by atoms with Crippen LogP contribution in [0.1, 0.15) is 0 Å². The van der Waals surface area contributed by atoms with Gasteiger partial charge in [0.05, 0.1) is 25.1 Å². The predicted octanol–water partition coefficient (Wildman–Crippen LogP) is 2.48. The standard InChI is InChI=1S/C15H16BrN3O3S/c16-13-3-1-2-4-14(13)23(20,21)18-12-5-6-15(17-11-12)19-7-9-22-10-8-19/h1-6,11,18H,7-10H2. The number of anilines is 2. The van der Waals surface area contributed by atoms with Crippen LogP contribution in [-0.2, 0) is 14.8 Å². The summed E-state index contributed by atoms with van der Waals surface area (Å²) in [5.74, 6) is 0.817. The molecule has 0 bridgehead atoms. The number of hydrogen-bond acceptors (Lipinski definition) is 5. The number of rotatable bonds is 4. The monoisotopic (exact) mass is 397 g/mol. The topological polar surface area (TPSA) is 71.5 Å². The Hall–Kier alpha value is -1.64. The molecule has 1 aliphatic rings. The van der Waals surface area contributed by atoms with Gasteiger partial charge in [-0.05, 0) is 40.2 Å². The van der Waals surface area contributed by atoms with Gasteiger partial charge in [-0.25, -0.2) is 13.4 Å². The summed E-state index contributed by atoms with van der Waals surface area (Å²) in [6, 6.07) is 10.2. The molecule has 2 heterocycles. The lowest BCUT2D eigenvalue weighted by Gasteiger charge is -2.27. The van der Waals surface area contributed by atoms with E-state index in [-0.39, 0.29) is 4.90 Å². The highest BCUT2D eigenvalue weighted by atomic mass is 79.9. The molecule has 0 saturated carbocycles. The molecule has 0 radical (unpaired) electrons. The highest BCUT2D eigenvalue weighted by Gasteiger charge is 2.18. The van der Waals surface area contributed by atoms with Crippen molar-refractivity contribution in [3.63, 3.8) is 0 Å². The van der Waals surface area contributed by atoms with E-state index in [9.17, 15) is 8.42 Å². The Morgan fingerprint density at radius 3 is 2.52 bits per heavy atom. The summed E-state index contributed by atoms with van der Waals surface area (Å²) in [6.45, 7) is 2.93. The van der Waals surface area contributed by atoms with E-state index in [4.69, 9.17) is 4.74 Å². The van der Waals surface area contributed by atoms with Gasteiger partial charge < -0.3 is 9.64 Å². The van der Waals surface area contributed by atoms with Gasteiger partial charge in [-0.2, -0.15) is 0 Å². The molecule has 1 fully saturated rings. The molecular formula is C15H16BrN3O3S. The molecule has 1 saturated heterocycles. The van der Waals surface area contributed by atoms with Crippen LogP contribution in [0.15, 0.2) is 52.0 Å². The van der Waals surface area contributed by atoms with Crippen LogP contribution < -0.4 is 9.62 Å². The molecular weight excluding hydrogens is 382 g/mol. The first-order valence-corrected chi connectivity index (χ1v) is 9.40. The van der Waals surface area contributed by atoms with E-state index in [1.807, 2.05) is 6.07 Å². The quantitative estimate of drug-likeness (QED) is 0.857. The fourth-order valence-electron chi connectivity index (χ4n) is 2.30. The molecule has 1 N–H and O–H groups in total. The lowest BCUT2D eigenvalue weighted by Crippen LogP contribution is -2.36. The second-order valence-electron chi connectivity index (χ2n) is 5.04. The second-order valence-corrected chi connectivity index (χ2v) is 7.55. The van der Waals surface area contributed by atoms with Crippen molar-refractivity contribution in [2.24, 2.45) is 0 Å². The summed E-state index contributed by atoms with van der Waals surface area (Å²) in [4.78, 5) is 6.63. The summed E-state index contributed by atoms with van der Waals surface area (Å²) >= 11 is 3.26. The molecule has 0 amide bonds. The first-order valence-electron chi connectivity index (χ1n) is 7.12. The van der Waals surface area contributed by atoms with Crippen molar-refractivity contribution >= 4 is 37.5 Å². The van der Waals surface area contributed by atoms with Crippen molar-refractivity contribution in [2.45, 2.75) is 4.90 Å². The highest BCUT2D eigenvalue weighted by molar-refractivity contribution is 9.10. The van der Waals surface area contributed by atoms with Crippen molar-refractivity contribution in [3.05, 3.63) is 47.1 Å². The first-order chi connectivity index (χ1) is 11.1.